The molecule has 2 aromatic rings. The summed E-state index contributed by atoms with van der Waals surface area (Å²) in [6.07, 6.45) is 3.37. The average molecular weight is 373 g/mol. The van der Waals surface area contributed by atoms with Crippen LogP contribution in [-0.4, -0.2) is 55.7 Å². The predicted molar refractivity (Wildman–Crippen MR) is 111 cm³/mol. The van der Waals surface area contributed by atoms with Crippen LogP contribution in [0.5, 0.6) is 0 Å². The Hall–Kier alpha value is -1.89. The second-order valence-electron chi connectivity index (χ2n) is 6.76. The van der Waals surface area contributed by atoms with Crippen molar-refractivity contribution in [2.24, 2.45) is 10.7 Å². The third-order valence-corrected chi connectivity index (χ3v) is 5.64. The van der Waals surface area contributed by atoms with Gasteiger partial charge >= 0.3 is 0 Å². The SMILES string of the molecule is CN(CCO)CCCN1CCCc2cc(N=C(N)c3cccs3)ccc21. The number of nitrogens with zero attached hydrogens (tertiary/aromatic N) is 3. The summed E-state index contributed by atoms with van der Waals surface area (Å²) in [5.41, 5.74) is 9.74. The molecular weight excluding hydrogens is 344 g/mol. The Morgan fingerprint density at radius 3 is 3.00 bits per heavy atom. The summed E-state index contributed by atoms with van der Waals surface area (Å²) in [6.45, 7) is 4.12. The fourth-order valence-electron chi connectivity index (χ4n) is 3.40. The molecule has 0 aliphatic carbocycles. The lowest BCUT2D eigenvalue weighted by molar-refractivity contribution is 0.220. The van der Waals surface area contributed by atoms with Crippen LogP contribution < -0.4 is 10.6 Å². The topological polar surface area (TPSA) is 65.1 Å². The van der Waals surface area contributed by atoms with Gasteiger partial charge in [-0.1, -0.05) is 6.07 Å². The summed E-state index contributed by atoms with van der Waals surface area (Å²) in [5, 5.41) is 11.0. The molecule has 2 heterocycles. The fourth-order valence-corrected chi connectivity index (χ4v) is 4.02. The van der Waals surface area contributed by atoms with Crippen molar-refractivity contribution < 1.29 is 5.11 Å². The fraction of sp³-hybridized carbons (Fsp3) is 0.450. The zero-order chi connectivity index (χ0) is 18.4. The van der Waals surface area contributed by atoms with Gasteiger partial charge in [0.25, 0.3) is 0 Å². The summed E-state index contributed by atoms with van der Waals surface area (Å²) in [5.74, 6) is 0.583. The van der Waals surface area contributed by atoms with E-state index in [-0.39, 0.29) is 6.61 Å². The lowest BCUT2D eigenvalue weighted by Gasteiger charge is -2.32. The maximum atomic E-state index is 8.99. The van der Waals surface area contributed by atoms with Gasteiger partial charge in [-0.15, -0.1) is 11.3 Å². The van der Waals surface area contributed by atoms with E-state index in [1.165, 1.54) is 17.7 Å². The maximum absolute atomic E-state index is 8.99. The molecule has 0 bridgehead atoms. The first kappa shape index (κ1) is 18.9. The van der Waals surface area contributed by atoms with Crippen molar-refractivity contribution in [3.05, 3.63) is 46.2 Å². The Labute approximate surface area is 159 Å². The van der Waals surface area contributed by atoms with E-state index in [4.69, 9.17) is 10.8 Å². The van der Waals surface area contributed by atoms with Crippen molar-refractivity contribution in [3.8, 4) is 0 Å². The van der Waals surface area contributed by atoms with Crippen LogP contribution in [0.2, 0.25) is 0 Å². The zero-order valence-electron chi connectivity index (χ0n) is 15.4. The van der Waals surface area contributed by atoms with Gasteiger partial charge in [-0.25, -0.2) is 4.99 Å². The van der Waals surface area contributed by atoms with E-state index in [0.29, 0.717) is 5.84 Å². The molecule has 3 rings (SSSR count). The first-order valence-corrected chi connectivity index (χ1v) is 10.1. The summed E-state index contributed by atoms with van der Waals surface area (Å²) < 4.78 is 0. The van der Waals surface area contributed by atoms with Gasteiger partial charge in [0.15, 0.2) is 0 Å². The van der Waals surface area contributed by atoms with Gasteiger partial charge in [0, 0.05) is 25.3 Å². The average Bonchev–Trinajstić information content (AvgIpc) is 3.17. The molecule has 1 aliphatic rings. The number of aryl methyl sites for hydroxylation is 1. The zero-order valence-corrected chi connectivity index (χ0v) is 16.2. The van der Waals surface area contributed by atoms with Crippen molar-refractivity contribution in [1.29, 1.82) is 0 Å². The monoisotopic (exact) mass is 372 g/mol. The minimum absolute atomic E-state index is 0.223. The highest BCUT2D eigenvalue weighted by atomic mass is 32.1. The standard InChI is InChI=1S/C20H28N4OS/c1-23(12-13-25)9-4-11-24-10-2-5-16-15-17(7-8-18(16)24)22-20(21)19-6-3-14-26-19/h3,6-8,14-15,25H,2,4-5,9-13H2,1H3,(H2,21,22). The van der Waals surface area contributed by atoms with Crippen molar-refractivity contribution in [2.45, 2.75) is 19.3 Å². The summed E-state index contributed by atoms with van der Waals surface area (Å²) in [7, 11) is 2.06. The van der Waals surface area contributed by atoms with E-state index in [1.54, 1.807) is 11.3 Å². The Morgan fingerprint density at radius 2 is 2.23 bits per heavy atom. The van der Waals surface area contributed by atoms with Gasteiger partial charge in [-0.05, 0) is 68.1 Å². The molecule has 0 saturated carbocycles. The third kappa shape index (κ3) is 4.84. The molecule has 26 heavy (non-hydrogen) atoms. The molecule has 0 saturated heterocycles. The predicted octanol–water partition coefficient (Wildman–Crippen LogP) is 2.85. The second-order valence-corrected chi connectivity index (χ2v) is 7.71. The van der Waals surface area contributed by atoms with Crippen molar-refractivity contribution in [1.82, 2.24) is 4.90 Å². The first-order valence-electron chi connectivity index (χ1n) is 9.22. The van der Waals surface area contributed by atoms with E-state index in [1.807, 2.05) is 17.5 Å². The van der Waals surface area contributed by atoms with Gasteiger partial charge < -0.3 is 20.6 Å². The second kappa shape index (κ2) is 9.16. The van der Waals surface area contributed by atoms with Gasteiger partial charge in [0.2, 0.25) is 0 Å². The Morgan fingerprint density at radius 1 is 1.35 bits per heavy atom. The van der Waals surface area contributed by atoms with Crippen LogP contribution in [0.15, 0.2) is 40.7 Å². The van der Waals surface area contributed by atoms with Crippen LogP contribution in [0.1, 0.15) is 23.3 Å². The highest BCUT2D eigenvalue weighted by Gasteiger charge is 2.17. The molecule has 6 heteroatoms. The molecule has 0 amide bonds. The number of likely N-dealkylation sites (N-methyl/N-ethyl adjacent to an activating group) is 1. The van der Waals surface area contributed by atoms with E-state index < -0.39 is 0 Å². The first-order chi connectivity index (χ1) is 12.7. The molecule has 140 valence electrons. The van der Waals surface area contributed by atoms with Crippen LogP contribution >= 0.6 is 11.3 Å². The number of aliphatic hydroxyl groups is 1. The molecular formula is C20H28N4OS. The van der Waals surface area contributed by atoms with Gasteiger partial charge in [-0.2, -0.15) is 0 Å². The van der Waals surface area contributed by atoms with Crippen LogP contribution in [0.4, 0.5) is 11.4 Å². The molecule has 5 nitrogen and oxygen atoms in total. The summed E-state index contributed by atoms with van der Waals surface area (Å²) >= 11 is 1.61. The molecule has 1 aromatic carbocycles. The lowest BCUT2D eigenvalue weighted by atomic mass is 10.0. The molecule has 0 atom stereocenters. The molecule has 0 unspecified atom stereocenters. The molecule has 1 aliphatic heterocycles. The highest BCUT2D eigenvalue weighted by molar-refractivity contribution is 7.12. The molecule has 0 spiro atoms. The summed E-state index contributed by atoms with van der Waals surface area (Å²) in [6, 6.07) is 10.4. The quantitative estimate of drug-likeness (QED) is 0.552. The normalized spacial score (nSPS) is 14.7. The number of anilines is 1. The molecule has 1 aromatic heterocycles. The van der Waals surface area contributed by atoms with Gasteiger partial charge in [0.1, 0.15) is 5.84 Å². The number of benzene rings is 1. The van der Waals surface area contributed by atoms with Gasteiger partial charge in [-0.3, -0.25) is 0 Å². The maximum Gasteiger partial charge on any atom is 0.141 e. The Bertz CT molecular complexity index is 729. The summed E-state index contributed by atoms with van der Waals surface area (Å²) in [4.78, 5) is 10.3. The third-order valence-electron chi connectivity index (χ3n) is 4.75. The van der Waals surface area contributed by atoms with Crippen LogP contribution in [-0.2, 0) is 6.42 Å². The number of fused-ring (bicyclic) bond motifs is 1. The number of amidine groups is 1. The highest BCUT2D eigenvalue weighted by Crippen LogP contribution is 2.31. The van der Waals surface area contributed by atoms with E-state index >= 15 is 0 Å². The lowest BCUT2D eigenvalue weighted by Crippen LogP contribution is -2.33. The van der Waals surface area contributed by atoms with E-state index in [0.717, 1.165) is 49.6 Å². The van der Waals surface area contributed by atoms with Crippen LogP contribution in [0.25, 0.3) is 0 Å². The molecule has 0 fully saturated rings. The van der Waals surface area contributed by atoms with Crippen molar-refractivity contribution in [2.75, 3.05) is 44.7 Å². The smallest absolute Gasteiger partial charge is 0.141 e. The number of nitrogens with two attached hydrogens (primary N) is 1. The number of aliphatic imine (C=N–C) groups is 1. The minimum Gasteiger partial charge on any atom is -0.395 e. The van der Waals surface area contributed by atoms with Crippen molar-refractivity contribution in [3.63, 3.8) is 0 Å². The number of hydrogen-bond acceptors (Lipinski definition) is 5. The Balaban J connectivity index is 1.66. The number of hydrogen-bond donors (Lipinski definition) is 2. The van der Waals surface area contributed by atoms with E-state index in [9.17, 15) is 0 Å². The van der Waals surface area contributed by atoms with Crippen LogP contribution in [0, 0.1) is 0 Å². The van der Waals surface area contributed by atoms with Crippen molar-refractivity contribution >= 4 is 28.5 Å². The largest absolute Gasteiger partial charge is 0.395 e. The molecule has 3 N–H and O–H groups in total. The van der Waals surface area contributed by atoms with Crippen LogP contribution in [0.3, 0.4) is 0 Å². The number of aliphatic hydroxyl groups excluding tert-OH is 1. The number of thiophene rings is 1. The van der Waals surface area contributed by atoms with E-state index in [2.05, 4.69) is 40.0 Å². The Kier molecular flexibility index (Phi) is 6.66. The van der Waals surface area contributed by atoms with Gasteiger partial charge in [0.05, 0.1) is 17.2 Å². The number of rotatable bonds is 8. The minimum atomic E-state index is 0.223. The molecule has 0 radical (unpaired) electrons.